The van der Waals surface area contributed by atoms with E-state index in [9.17, 15) is 9.59 Å². The Morgan fingerprint density at radius 1 is 1.33 bits per heavy atom. The molecule has 0 radical (unpaired) electrons. The van der Waals surface area contributed by atoms with E-state index in [4.69, 9.17) is 9.47 Å². The summed E-state index contributed by atoms with van der Waals surface area (Å²) < 4.78 is 10.3. The van der Waals surface area contributed by atoms with Gasteiger partial charge in [-0.1, -0.05) is 0 Å². The van der Waals surface area contributed by atoms with Gasteiger partial charge in [0.15, 0.2) is 0 Å². The fraction of sp³-hybridized carbons (Fsp3) is 0.429. The van der Waals surface area contributed by atoms with Crippen LogP contribution in [0.15, 0.2) is 18.2 Å². The molecule has 7 nitrogen and oxygen atoms in total. The third-order valence-electron chi connectivity index (χ3n) is 3.20. The number of hydrogen-bond donors (Lipinski definition) is 3. The molecule has 0 aliphatic carbocycles. The van der Waals surface area contributed by atoms with Gasteiger partial charge in [0.2, 0.25) is 11.8 Å². The van der Waals surface area contributed by atoms with Crippen LogP contribution in [0.5, 0.6) is 11.5 Å². The van der Waals surface area contributed by atoms with Crippen LogP contribution in [0.1, 0.15) is 6.42 Å². The van der Waals surface area contributed by atoms with Crippen LogP contribution in [0.4, 0.5) is 5.69 Å². The summed E-state index contributed by atoms with van der Waals surface area (Å²) in [7, 11) is 3.07. The highest BCUT2D eigenvalue weighted by molar-refractivity contribution is 5.96. The Kier molecular flexibility index (Phi) is 4.99. The van der Waals surface area contributed by atoms with Gasteiger partial charge in [0.1, 0.15) is 11.5 Å². The lowest BCUT2D eigenvalue weighted by Crippen LogP contribution is -2.53. The highest BCUT2D eigenvalue weighted by Gasteiger charge is 2.24. The predicted octanol–water partition coefficient (Wildman–Crippen LogP) is 0.120. The third-order valence-corrected chi connectivity index (χ3v) is 3.20. The molecule has 7 heteroatoms. The molecule has 21 heavy (non-hydrogen) atoms. The number of nitrogens with one attached hydrogen (secondary N) is 3. The quantitative estimate of drug-likeness (QED) is 0.717. The van der Waals surface area contributed by atoms with Crippen molar-refractivity contribution in [2.24, 2.45) is 0 Å². The monoisotopic (exact) mass is 293 g/mol. The maximum absolute atomic E-state index is 12.0. The van der Waals surface area contributed by atoms with Gasteiger partial charge in [0, 0.05) is 19.2 Å². The molecule has 3 N–H and O–H groups in total. The van der Waals surface area contributed by atoms with Crippen LogP contribution in [-0.4, -0.2) is 45.2 Å². The minimum Gasteiger partial charge on any atom is -0.497 e. The van der Waals surface area contributed by atoms with Gasteiger partial charge in [0.05, 0.1) is 32.4 Å². The molecule has 2 amide bonds. The molecule has 1 aliphatic rings. The first-order valence-electron chi connectivity index (χ1n) is 6.67. The Hall–Kier alpha value is -2.28. The zero-order chi connectivity index (χ0) is 15.2. The van der Waals surface area contributed by atoms with Gasteiger partial charge in [-0.3, -0.25) is 9.59 Å². The Bertz CT molecular complexity index is 533. The Labute approximate surface area is 123 Å². The van der Waals surface area contributed by atoms with E-state index in [1.807, 2.05) is 0 Å². The summed E-state index contributed by atoms with van der Waals surface area (Å²) in [4.78, 5) is 23.6. The number of benzene rings is 1. The molecule has 0 spiro atoms. The second-order valence-corrected chi connectivity index (χ2v) is 4.62. The number of ether oxygens (including phenoxy) is 2. The van der Waals surface area contributed by atoms with Crippen molar-refractivity contribution in [3.63, 3.8) is 0 Å². The average Bonchev–Trinajstić information content (AvgIpc) is 2.50. The number of methoxy groups -OCH3 is 2. The summed E-state index contributed by atoms with van der Waals surface area (Å²) in [6.45, 7) is 1.25. The maximum atomic E-state index is 12.0. The van der Waals surface area contributed by atoms with Crippen molar-refractivity contribution in [2.75, 3.05) is 32.6 Å². The van der Waals surface area contributed by atoms with E-state index in [2.05, 4.69) is 16.0 Å². The van der Waals surface area contributed by atoms with Crippen molar-refractivity contribution in [1.82, 2.24) is 10.6 Å². The summed E-state index contributed by atoms with van der Waals surface area (Å²) in [5.41, 5.74) is 0.541. The molecule has 1 aromatic rings. The predicted molar refractivity (Wildman–Crippen MR) is 77.6 cm³/mol. The largest absolute Gasteiger partial charge is 0.497 e. The standard InChI is InChI=1S/C14H19N3O4/c1-20-9-3-4-10(12(7-9)21-2)17-13(18)8-11-14(19)16-6-5-15-11/h3-4,7,11,15H,5-6,8H2,1-2H3,(H,16,19)(H,17,18)/t11-/m0/s1. The summed E-state index contributed by atoms with van der Waals surface area (Å²) in [5, 5.41) is 8.47. The number of piperazine rings is 1. The fourth-order valence-corrected chi connectivity index (χ4v) is 2.10. The Balaban J connectivity index is 2.00. The van der Waals surface area contributed by atoms with Crippen molar-refractivity contribution >= 4 is 17.5 Å². The molecule has 1 saturated heterocycles. The zero-order valence-electron chi connectivity index (χ0n) is 12.1. The van der Waals surface area contributed by atoms with Crippen LogP contribution in [-0.2, 0) is 9.59 Å². The molecule has 0 saturated carbocycles. The first kappa shape index (κ1) is 15.1. The molecular weight excluding hydrogens is 274 g/mol. The molecule has 2 rings (SSSR count). The van der Waals surface area contributed by atoms with E-state index in [0.29, 0.717) is 30.3 Å². The Morgan fingerprint density at radius 2 is 2.14 bits per heavy atom. The van der Waals surface area contributed by atoms with Crippen molar-refractivity contribution in [3.05, 3.63) is 18.2 Å². The number of carbonyl (C=O) groups excluding carboxylic acids is 2. The minimum absolute atomic E-state index is 0.0705. The van der Waals surface area contributed by atoms with E-state index in [-0.39, 0.29) is 18.2 Å². The number of carbonyl (C=O) groups is 2. The lowest BCUT2D eigenvalue weighted by atomic mass is 10.1. The molecule has 114 valence electrons. The van der Waals surface area contributed by atoms with E-state index in [1.165, 1.54) is 7.11 Å². The summed E-state index contributed by atoms with van der Waals surface area (Å²) >= 11 is 0. The molecule has 1 atom stereocenters. The van der Waals surface area contributed by atoms with Gasteiger partial charge < -0.3 is 25.4 Å². The van der Waals surface area contributed by atoms with Crippen LogP contribution in [0.3, 0.4) is 0 Å². The molecule has 1 fully saturated rings. The molecule has 1 heterocycles. The lowest BCUT2D eigenvalue weighted by molar-refractivity contribution is -0.127. The topological polar surface area (TPSA) is 88.7 Å². The summed E-state index contributed by atoms with van der Waals surface area (Å²) in [6.07, 6.45) is 0.0705. The van der Waals surface area contributed by atoms with Crippen molar-refractivity contribution in [1.29, 1.82) is 0 Å². The number of hydrogen-bond acceptors (Lipinski definition) is 5. The van der Waals surface area contributed by atoms with Gasteiger partial charge in [-0.05, 0) is 12.1 Å². The molecule has 0 bridgehead atoms. The molecule has 0 unspecified atom stereocenters. The first-order chi connectivity index (χ1) is 10.1. The third kappa shape index (κ3) is 3.85. The van der Waals surface area contributed by atoms with Gasteiger partial charge >= 0.3 is 0 Å². The average molecular weight is 293 g/mol. The van der Waals surface area contributed by atoms with Crippen LogP contribution < -0.4 is 25.4 Å². The normalized spacial score (nSPS) is 17.8. The molecule has 0 aromatic heterocycles. The SMILES string of the molecule is COc1ccc(NC(=O)C[C@@H]2NCCNC2=O)c(OC)c1. The summed E-state index contributed by atoms with van der Waals surface area (Å²) in [5.74, 6) is 0.730. The van der Waals surface area contributed by atoms with Crippen molar-refractivity contribution < 1.29 is 19.1 Å². The van der Waals surface area contributed by atoms with Crippen LogP contribution in [0.2, 0.25) is 0 Å². The van der Waals surface area contributed by atoms with Crippen molar-refractivity contribution in [3.8, 4) is 11.5 Å². The number of amides is 2. The number of rotatable bonds is 5. The minimum atomic E-state index is -0.497. The number of anilines is 1. The van der Waals surface area contributed by atoms with Crippen LogP contribution in [0, 0.1) is 0 Å². The Morgan fingerprint density at radius 3 is 2.81 bits per heavy atom. The fourth-order valence-electron chi connectivity index (χ4n) is 2.10. The van der Waals surface area contributed by atoms with E-state index < -0.39 is 6.04 Å². The highest BCUT2D eigenvalue weighted by Crippen LogP contribution is 2.29. The van der Waals surface area contributed by atoms with Gasteiger partial charge in [-0.25, -0.2) is 0 Å². The molecular formula is C14H19N3O4. The van der Waals surface area contributed by atoms with Crippen molar-refractivity contribution in [2.45, 2.75) is 12.5 Å². The van der Waals surface area contributed by atoms with E-state index in [0.717, 1.165) is 0 Å². The van der Waals surface area contributed by atoms with Gasteiger partial charge in [0.25, 0.3) is 0 Å². The van der Waals surface area contributed by atoms with Crippen LogP contribution >= 0.6 is 0 Å². The zero-order valence-corrected chi connectivity index (χ0v) is 12.1. The molecule has 1 aromatic carbocycles. The van der Waals surface area contributed by atoms with Gasteiger partial charge in [-0.15, -0.1) is 0 Å². The van der Waals surface area contributed by atoms with E-state index in [1.54, 1.807) is 25.3 Å². The van der Waals surface area contributed by atoms with E-state index >= 15 is 0 Å². The highest BCUT2D eigenvalue weighted by atomic mass is 16.5. The maximum Gasteiger partial charge on any atom is 0.237 e. The lowest BCUT2D eigenvalue weighted by Gasteiger charge is -2.23. The smallest absolute Gasteiger partial charge is 0.237 e. The molecule has 1 aliphatic heterocycles. The van der Waals surface area contributed by atoms with Gasteiger partial charge in [-0.2, -0.15) is 0 Å². The second-order valence-electron chi connectivity index (χ2n) is 4.62. The van der Waals surface area contributed by atoms with Crippen LogP contribution in [0.25, 0.3) is 0 Å². The second kappa shape index (κ2) is 6.94. The first-order valence-corrected chi connectivity index (χ1v) is 6.67. The summed E-state index contributed by atoms with van der Waals surface area (Å²) in [6, 6.07) is 4.61.